The number of amides is 1. The lowest BCUT2D eigenvalue weighted by Crippen LogP contribution is -2.43. The lowest BCUT2D eigenvalue weighted by Gasteiger charge is -2.24. The standard InChI is InChI=1S/C27H34FN5O3/c1-27(2,3)30-24(34)17-33-25(18-7-9-21(28)23(15-18)36-5)29-22-10-8-19(16-20(22)26(33)35)32-12-6-11-31(4)13-14-32/h7-10,15-16H,6,11-14,17H2,1-5H3,(H,30,34). The van der Waals surface area contributed by atoms with Crippen LogP contribution in [0.25, 0.3) is 22.3 Å². The number of aromatic nitrogens is 2. The molecule has 0 atom stereocenters. The SMILES string of the molecule is COc1cc(-c2nc3ccc(N4CCCN(C)CC4)cc3c(=O)n2CC(=O)NC(C)(C)C)ccc1F. The number of likely N-dealkylation sites (N-methyl/N-ethyl adjacent to an activating group) is 1. The molecule has 1 fully saturated rings. The maximum Gasteiger partial charge on any atom is 0.262 e. The summed E-state index contributed by atoms with van der Waals surface area (Å²) in [4.78, 5) is 36.0. The van der Waals surface area contributed by atoms with E-state index in [1.165, 1.54) is 29.9 Å². The van der Waals surface area contributed by atoms with Gasteiger partial charge < -0.3 is 19.9 Å². The van der Waals surface area contributed by atoms with Gasteiger partial charge >= 0.3 is 0 Å². The van der Waals surface area contributed by atoms with Gasteiger partial charge in [0.25, 0.3) is 5.56 Å². The van der Waals surface area contributed by atoms with Crippen molar-refractivity contribution in [3.05, 3.63) is 52.6 Å². The van der Waals surface area contributed by atoms with Crippen LogP contribution < -0.4 is 20.5 Å². The monoisotopic (exact) mass is 495 g/mol. The van der Waals surface area contributed by atoms with Gasteiger partial charge in [0, 0.05) is 36.4 Å². The second kappa shape index (κ2) is 10.3. The first kappa shape index (κ1) is 25.6. The molecule has 192 valence electrons. The summed E-state index contributed by atoms with van der Waals surface area (Å²) in [5.41, 5.74) is 1.17. The van der Waals surface area contributed by atoms with Gasteiger partial charge in [-0.05, 0) is 77.2 Å². The second-order valence-corrected chi connectivity index (χ2v) is 10.3. The molecule has 0 radical (unpaired) electrons. The van der Waals surface area contributed by atoms with Crippen molar-refractivity contribution in [2.75, 3.05) is 45.2 Å². The molecule has 1 aliphatic heterocycles. The van der Waals surface area contributed by atoms with E-state index in [1.54, 1.807) is 0 Å². The van der Waals surface area contributed by atoms with Crippen LogP contribution in [-0.2, 0) is 11.3 Å². The quantitative estimate of drug-likeness (QED) is 0.585. The van der Waals surface area contributed by atoms with Crippen molar-refractivity contribution < 1.29 is 13.9 Å². The molecule has 1 aliphatic rings. The van der Waals surface area contributed by atoms with Gasteiger partial charge in [-0.2, -0.15) is 0 Å². The third-order valence-electron chi connectivity index (χ3n) is 6.25. The first-order chi connectivity index (χ1) is 17.1. The summed E-state index contributed by atoms with van der Waals surface area (Å²) in [6, 6.07) is 9.97. The number of fused-ring (bicyclic) bond motifs is 1. The number of nitrogens with zero attached hydrogens (tertiary/aromatic N) is 4. The number of hydrogen-bond acceptors (Lipinski definition) is 6. The smallest absolute Gasteiger partial charge is 0.262 e. The molecule has 36 heavy (non-hydrogen) atoms. The molecule has 2 aromatic carbocycles. The van der Waals surface area contributed by atoms with E-state index in [0.717, 1.165) is 38.3 Å². The number of carbonyl (C=O) groups excluding carboxylic acids is 1. The highest BCUT2D eigenvalue weighted by Gasteiger charge is 2.21. The summed E-state index contributed by atoms with van der Waals surface area (Å²) in [6.45, 7) is 9.16. The average molecular weight is 496 g/mol. The van der Waals surface area contributed by atoms with Crippen LogP contribution in [0, 0.1) is 5.82 Å². The third kappa shape index (κ3) is 5.67. The number of ether oxygens (including phenoxy) is 1. The van der Waals surface area contributed by atoms with E-state index in [4.69, 9.17) is 9.72 Å². The predicted octanol–water partition coefficient (Wildman–Crippen LogP) is 3.27. The number of nitrogens with one attached hydrogen (secondary N) is 1. The number of methoxy groups -OCH3 is 1. The molecule has 0 unspecified atom stereocenters. The molecule has 0 bridgehead atoms. The number of hydrogen-bond donors (Lipinski definition) is 1. The highest BCUT2D eigenvalue weighted by Crippen LogP contribution is 2.27. The molecule has 8 nitrogen and oxygen atoms in total. The average Bonchev–Trinajstić information content (AvgIpc) is 3.04. The van der Waals surface area contributed by atoms with E-state index in [-0.39, 0.29) is 29.6 Å². The van der Waals surface area contributed by atoms with Crippen LogP contribution in [0.2, 0.25) is 0 Å². The number of rotatable bonds is 5. The van der Waals surface area contributed by atoms with Gasteiger partial charge in [0.15, 0.2) is 11.6 Å². The first-order valence-electron chi connectivity index (χ1n) is 12.2. The molecule has 4 rings (SSSR count). The van der Waals surface area contributed by atoms with Crippen molar-refractivity contribution in [1.82, 2.24) is 19.8 Å². The normalized spacial score (nSPS) is 15.1. The molecule has 2 heterocycles. The lowest BCUT2D eigenvalue weighted by molar-refractivity contribution is -0.123. The summed E-state index contributed by atoms with van der Waals surface area (Å²) in [6.07, 6.45) is 1.04. The van der Waals surface area contributed by atoms with Crippen LogP contribution in [0.3, 0.4) is 0 Å². The molecule has 0 aliphatic carbocycles. The number of carbonyl (C=O) groups is 1. The van der Waals surface area contributed by atoms with Crippen molar-refractivity contribution in [1.29, 1.82) is 0 Å². The largest absolute Gasteiger partial charge is 0.494 e. The van der Waals surface area contributed by atoms with Crippen molar-refractivity contribution in [2.24, 2.45) is 0 Å². The fourth-order valence-electron chi connectivity index (χ4n) is 4.48. The van der Waals surface area contributed by atoms with Crippen LogP contribution in [0.1, 0.15) is 27.2 Å². The fourth-order valence-corrected chi connectivity index (χ4v) is 4.48. The molecule has 1 aromatic heterocycles. The minimum atomic E-state index is -0.519. The second-order valence-electron chi connectivity index (χ2n) is 10.3. The van der Waals surface area contributed by atoms with Gasteiger partial charge in [0.2, 0.25) is 5.91 Å². The summed E-state index contributed by atoms with van der Waals surface area (Å²) in [5, 5.41) is 3.34. The van der Waals surface area contributed by atoms with E-state index in [1.807, 2.05) is 39.0 Å². The highest BCUT2D eigenvalue weighted by atomic mass is 19.1. The molecule has 0 saturated carbocycles. The minimum Gasteiger partial charge on any atom is -0.494 e. The summed E-state index contributed by atoms with van der Waals surface area (Å²) >= 11 is 0. The van der Waals surface area contributed by atoms with Crippen molar-refractivity contribution >= 4 is 22.5 Å². The van der Waals surface area contributed by atoms with Crippen LogP contribution >= 0.6 is 0 Å². The number of halogens is 1. The number of anilines is 1. The van der Waals surface area contributed by atoms with Gasteiger partial charge in [-0.1, -0.05) is 0 Å². The van der Waals surface area contributed by atoms with Crippen molar-refractivity contribution in [2.45, 2.75) is 39.3 Å². The van der Waals surface area contributed by atoms with E-state index in [0.29, 0.717) is 16.5 Å². The summed E-state index contributed by atoms with van der Waals surface area (Å²) in [5.74, 6) is -0.519. The molecular formula is C27H34FN5O3. The van der Waals surface area contributed by atoms with Gasteiger partial charge in [-0.25, -0.2) is 9.37 Å². The van der Waals surface area contributed by atoms with Crippen LogP contribution in [0.4, 0.5) is 10.1 Å². The van der Waals surface area contributed by atoms with E-state index >= 15 is 0 Å². The number of benzene rings is 2. The molecule has 9 heteroatoms. The topological polar surface area (TPSA) is 79.7 Å². The third-order valence-corrected chi connectivity index (χ3v) is 6.25. The Bertz CT molecular complexity index is 1330. The van der Waals surface area contributed by atoms with Gasteiger partial charge in [0.05, 0.1) is 18.0 Å². The molecule has 1 N–H and O–H groups in total. The molecule has 1 saturated heterocycles. The van der Waals surface area contributed by atoms with Crippen LogP contribution in [0.15, 0.2) is 41.2 Å². The Morgan fingerprint density at radius 1 is 1.11 bits per heavy atom. The Labute approximate surface area is 210 Å². The van der Waals surface area contributed by atoms with E-state index in [2.05, 4.69) is 22.2 Å². The maximum absolute atomic E-state index is 14.1. The fraction of sp³-hybridized carbons (Fsp3) is 0.444. The van der Waals surface area contributed by atoms with Gasteiger partial charge in [-0.3, -0.25) is 14.2 Å². The van der Waals surface area contributed by atoms with Crippen molar-refractivity contribution in [3.8, 4) is 17.1 Å². The van der Waals surface area contributed by atoms with Crippen molar-refractivity contribution in [3.63, 3.8) is 0 Å². The zero-order valence-corrected chi connectivity index (χ0v) is 21.6. The molecular weight excluding hydrogens is 461 g/mol. The Balaban J connectivity index is 1.84. The van der Waals surface area contributed by atoms with E-state index < -0.39 is 11.4 Å². The zero-order valence-electron chi connectivity index (χ0n) is 21.6. The Morgan fingerprint density at radius 3 is 2.61 bits per heavy atom. The summed E-state index contributed by atoms with van der Waals surface area (Å²) < 4.78 is 20.6. The minimum absolute atomic E-state index is 0.0361. The maximum atomic E-state index is 14.1. The Kier molecular flexibility index (Phi) is 7.31. The molecule has 0 spiro atoms. The lowest BCUT2D eigenvalue weighted by atomic mass is 10.1. The van der Waals surface area contributed by atoms with E-state index in [9.17, 15) is 14.0 Å². The summed E-state index contributed by atoms with van der Waals surface area (Å²) in [7, 11) is 3.49. The molecule has 1 amide bonds. The predicted molar refractivity (Wildman–Crippen MR) is 140 cm³/mol. The van der Waals surface area contributed by atoms with Gasteiger partial charge in [-0.15, -0.1) is 0 Å². The van der Waals surface area contributed by atoms with Crippen LogP contribution in [0.5, 0.6) is 5.75 Å². The first-order valence-corrected chi connectivity index (χ1v) is 12.2. The zero-order chi connectivity index (χ0) is 26.0. The van der Waals surface area contributed by atoms with Gasteiger partial charge in [0.1, 0.15) is 12.4 Å². The molecule has 3 aromatic rings. The Morgan fingerprint density at radius 2 is 1.89 bits per heavy atom. The Hall–Kier alpha value is -3.46. The van der Waals surface area contributed by atoms with Crippen LogP contribution in [-0.4, -0.2) is 66.2 Å². The highest BCUT2D eigenvalue weighted by molar-refractivity contribution is 5.85.